The molecule has 14 heavy (non-hydrogen) atoms. The molecule has 0 spiro atoms. The van der Waals surface area contributed by atoms with Crippen LogP contribution < -0.4 is 10.8 Å². The molecule has 0 fully saturated rings. The summed E-state index contributed by atoms with van der Waals surface area (Å²) in [5, 5.41) is 10.7. The minimum absolute atomic E-state index is 0.194. The van der Waals surface area contributed by atoms with Crippen molar-refractivity contribution < 1.29 is 9.90 Å². The van der Waals surface area contributed by atoms with Gasteiger partial charge in [0.1, 0.15) is 0 Å². The van der Waals surface area contributed by atoms with Gasteiger partial charge in [0.2, 0.25) is 0 Å². The van der Waals surface area contributed by atoms with Crippen LogP contribution in [-0.2, 0) is 11.2 Å². The fourth-order valence-corrected chi connectivity index (χ4v) is 1.16. The summed E-state index contributed by atoms with van der Waals surface area (Å²) in [4.78, 5) is 10.7. The van der Waals surface area contributed by atoms with Crippen LogP contribution in [0.1, 0.15) is 5.56 Å². The first-order valence-corrected chi connectivity index (χ1v) is 4.26. The van der Waals surface area contributed by atoms with Gasteiger partial charge < -0.3 is 15.6 Å². The molecule has 0 amide bonds. The normalized spacial score (nSPS) is 14.4. The maximum absolute atomic E-state index is 10.7. The lowest BCUT2D eigenvalue weighted by Gasteiger charge is -2.26. The number of hydrogen-bond donors (Lipinski definition) is 1. The second-order valence-corrected chi connectivity index (χ2v) is 3.19. The molecule has 1 aromatic carbocycles. The zero-order valence-electron chi connectivity index (χ0n) is 7.77. The Hall–Kier alpha value is -1.61. The average molecular weight is 190 g/mol. The smallest absolute Gasteiger partial charge is 0.0779 e. The highest BCUT2D eigenvalue weighted by Crippen LogP contribution is 2.11. The second-order valence-electron chi connectivity index (χ2n) is 3.19. The maximum atomic E-state index is 10.7. The minimum atomic E-state index is -1.48. The molecular formula is C11H12NO2-. The summed E-state index contributed by atoms with van der Waals surface area (Å²) in [6.45, 7) is 3.40. The predicted molar refractivity (Wildman–Crippen MR) is 52.3 cm³/mol. The van der Waals surface area contributed by atoms with E-state index in [9.17, 15) is 9.90 Å². The quantitative estimate of drug-likeness (QED) is 0.672. The number of hydrogen-bond acceptors (Lipinski definition) is 3. The largest absolute Gasteiger partial charge is 0.548 e. The van der Waals surface area contributed by atoms with Gasteiger partial charge in [0.05, 0.1) is 11.5 Å². The molecule has 0 saturated carbocycles. The van der Waals surface area contributed by atoms with Crippen LogP contribution >= 0.6 is 0 Å². The lowest BCUT2D eigenvalue weighted by atomic mass is 9.92. The van der Waals surface area contributed by atoms with Crippen LogP contribution in [0.5, 0.6) is 0 Å². The Morgan fingerprint density at radius 3 is 2.50 bits per heavy atom. The van der Waals surface area contributed by atoms with Gasteiger partial charge in [-0.25, -0.2) is 0 Å². The summed E-state index contributed by atoms with van der Waals surface area (Å²) < 4.78 is 0. The molecule has 1 aromatic rings. The monoisotopic (exact) mass is 190 g/mol. The third-order valence-corrected chi connectivity index (χ3v) is 2.08. The minimum Gasteiger partial charge on any atom is -0.548 e. The second kappa shape index (κ2) is 4.07. The molecule has 1 rings (SSSR count). The molecule has 0 aromatic heterocycles. The number of carbonyl (C=O) groups is 1. The molecule has 0 bridgehead atoms. The molecule has 0 aliphatic carbocycles. The third-order valence-electron chi connectivity index (χ3n) is 2.08. The van der Waals surface area contributed by atoms with Crippen molar-refractivity contribution in [2.45, 2.75) is 12.0 Å². The molecule has 0 heterocycles. The van der Waals surface area contributed by atoms with E-state index in [4.69, 9.17) is 5.73 Å². The van der Waals surface area contributed by atoms with Gasteiger partial charge in [0.25, 0.3) is 0 Å². The van der Waals surface area contributed by atoms with Crippen molar-refractivity contribution in [1.29, 1.82) is 0 Å². The lowest BCUT2D eigenvalue weighted by Crippen LogP contribution is -2.55. The molecule has 0 unspecified atom stereocenters. The van der Waals surface area contributed by atoms with Crippen LogP contribution in [0, 0.1) is 0 Å². The van der Waals surface area contributed by atoms with E-state index in [1.807, 2.05) is 30.3 Å². The standard InChI is InChI=1S/C11H13NO2/c1-2-11(12,10(13)14)8-9-6-4-3-5-7-9/h2-7H,1,8,12H2,(H,13,14)/p-1/t11-/m0/s1. The SMILES string of the molecule is C=C[C@](N)(Cc1ccccc1)C(=O)[O-]. The number of carbonyl (C=O) groups excluding carboxylic acids is 1. The van der Waals surface area contributed by atoms with Crippen molar-refractivity contribution in [2.24, 2.45) is 5.73 Å². The molecule has 2 N–H and O–H groups in total. The highest BCUT2D eigenvalue weighted by molar-refractivity contribution is 5.79. The zero-order chi connectivity index (χ0) is 10.6. The van der Waals surface area contributed by atoms with Crippen LogP contribution in [0.25, 0.3) is 0 Å². The van der Waals surface area contributed by atoms with Crippen molar-refractivity contribution in [3.8, 4) is 0 Å². The van der Waals surface area contributed by atoms with Gasteiger partial charge >= 0.3 is 0 Å². The van der Waals surface area contributed by atoms with Gasteiger partial charge in [-0.15, -0.1) is 6.58 Å². The summed E-state index contributed by atoms with van der Waals surface area (Å²) in [7, 11) is 0. The summed E-state index contributed by atoms with van der Waals surface area (Å²) >= 11 is 0. The zero-order valence-corrected chi connectivity index (χ0v) is 7.77. The number of carboxylic acid groups (broad SMARTS) is 1. The maximum Gasteiger partial charge on any atom is 0.0779 e. The summed E-state index contributed by atoms with van der Waals surface area (Å²) in [5.74, 6) is -1.31. The fraction of sp³-hybridized carbons (Fsp3) is 0.182. The number of aliphatic carboxylic acids is 1. The van der Waals surface area contributed by atoms with Crippen molar-refractivity contribution in [3.63, 3.8) is 0 Å². The topological polar surface area (TPSA) is 66.2 Å². The van der Waals surface area contributed by atoms with E-state index < -0.39 is 11.5 Å². The number of carboxylic acids is 1. The Balaban J connectivity index is 2.86. The molecule has 0 saturated heterocycles. The molecule has 3 heteroatoms. The predicted octanol–water partition coefficient (Wildman–Crippen LogP) is -0.138. The van der Waals surface area contributed by atoms with Gasteiger partial charge in [-0.3, -0.25) is 0 Å². The number of nitrogens with two attached hydrogens (primary N) is 1. The van der Waals surface area contributed by atoms with Crippen LogP contribution in [0.3, 0.4) is 0 Å². The average Bonchev–Trinajstić information content (AvgIpc) is 2.19. The molecule has 0 radical (unpaired) electrons. The van der Waals surface area contributed by atoms with Crippen molar-refractivity contribution >= 4 is 5.97 Å². The number of benzene rings is 1. The van der Waals surface area contributed by atoms with E-state index in [0.717, 1.165) is 5.56 Å². The molecule has 74 valence electrons. The van der Waals surface area contributed by atoms with E-state index in [1.54, 1.807) is 0 Å². The Morgan fingerprint density at radius 1 is 1.50 bits per heavy atom. The van der Waals surface area contributed by atoms with Crippen LogP contribution in [0.4, 0.5) is 0 Å². The Kier molecular flexibility index (Phi) is 3.04. The van der Waals surface area contributed by atoms with E-state index in [1.165, 1.54) is 6.08 Å². The van der Waals surface area contributed by atoms with Gasteiger partial charge in [-0.2, -0.15) is 0 Å². The van der Waals surface area contributed by atoms with E-state index in [2.05, 4.69) is 6.58 Å². The van der Waals surface area contributed by atoms with Crippen LogP contribution in [-0.4, -0.2) is 11.5 Å². The van der Waals surface area contributed by atoms with E-state index >= 15 is 0 Å². The molecule has 3 nitrogen and oxygen atoms in total. The Labute approximate surface area is 82.9 Å². The van der Waals surface area contributed by atoms with Crippen molar-refractivity contribution in [1.82, 2.24) is 0 Å². The Morgan fingerprint density at radius 2 is 2.07 bits per heavy atom. The van der Waals surface area contributed by atoms with Crippen LogP contribution in [0.2, 0.25) is 0 Å². The highest BCUT2D eigenvalue weighted by Gasteiger charge is 2.22. The van der Waals surface area contributed by atoms with Crippen molar-refractivity contribution in [2.75, 3.05) is 0 Å². The first-order chi connectivity index (χ1) is 6.58. The summed E-state index contributed by atoms with van der Waals surface area (Å²) in [6.07, 6.45) is 1.40. The summed E-state index contributed by atoms with van der Waals surface area (Å²) in [6, 6.07) is 9.14. The van der Waals surface area contributed by atoms with E-state index in [0.29, 0.717) is 0 Å². The molecule has 0 aliphatic rings. The van der Waals surface area contributed by atoms with Gasteiger partial charge in [-0.05, 0) is 12.0 Å². The van der Waals surface area contributed by atoms with Gasteiger partial charge in [0.15, 0.2) is 0 Å². The van der Waals surface area contributed by atoms with E-state index in [-0.39, 0.29) is 6.42 Å². The van der Waals surface area contributed by atoms with Gasteiger partial charge in [-0.1, -0.05) is 36.4 Å². The Bertz CT molecular complexity index is 334. The molecule has 0 aliphatic heterocycles. The van der Waals surface area contributed by atoms with Crippen molar-refractivity contribution in [3.05, 3.63) is 48.6 Å². The highest BCUT2D eigenvalue weighted by atomic mass is 16.4. The first-order valence-electron chi connectivity index (χ1n) is 4.26. The van der Waals surface area contributed by atoms with Crippen LogP contribution in [0.15, 0.2) is 43.0 Å². The fourth-order valence-electron chi connectivity index (χ4n) is 1.16. The first kappa shape index (κ1) is 10.5. The van der Waals surface area contributed by atoms with Gasteiger partial charge in [0, 0.05) is 0 Å². The lowest BCUT2D eigenvalue weighted by molar-refractivity contribution is -0.311. The number of rotatable bonds is 4. The molecular weight excluding hydrogens is 178 g/mol. The third kappa shape index (κ3) is 2.20. The summed E-state index contributed by atoms with van der Waals surface area (Å²) in [5.41, 5.74) is 4.95. The molecule has 1 atom stereocenters.